The fourth-order valence-corrected chi connectivity index (χ4v) is 2.60. The van der Waals surface area contributed by atoms with Crippen molar-refractivity contribution in [3.8, 4) is 5.75 Å². The Morgan fingerprint density at radius 2 is 2.26 bits per heavy atom. The molecular weight excluding hydrogens is 242 g/mol. The monoisotopic (exact) mass is 259 g/mol. The highest BCUT2D eigenvalue weighted by Gasteiger charge is 2.30. The second-order valence-electron chi connectivity index (χ2n) is 4.99. The minimum absolute atomic E-state index is 0.0591. The van der Waals surface area contributed by atoms with Crippen LogP contribution in [0, 0.1) is 0 Å². The molecule has 0 saturated carbocycles. The number of nitrogens with one attached hydrogen (secondary N) is 1. The van der Waals surface area contributed by atoms with E-state index in [1.54, 1.807) is 13.3 Å². The van der Waals surface area contributed by atoms with Crippen molar-refractivity contribution in [3.05, 3.63) is 30.0 Å². The van der Waals surface area contributed by atoms with Crippen LogP contribution in [0.4, 0.5) is 0 Å². The summed E-state index contributed by atoms with van der Waals surface area (Å²) in [6.45, 7) is 2.01. The molecule has 2 unspecified atom stereocenters. The van der Waals surface area contributed by atoms with Crippen LogP contribution >= 0.6 is 0 Å². The number of hydrogen-bond acceptors (Lipinski definition) is 3. The van der Waals surface area contributed by atoms with Crippen molar-refractivity contribution >= 4 is 16.7 Å². The van der Waals surface area contributed by atoms with E-state index in [-0.39, 0.29) is 18.0 Å². The number of Topliss-reactive ketones (excluding diaryl/α,β-unsaturated/α-hetero) is 1. The van der Waals surface area contributed by atoms with Gasteiger partial charge >= 0.3 is 0 Å². The summed E-state index contributed by atoms with van der Waals surface area (Å²) >= 11 is 0. The largest absolute Gasteiger partial charge is 0.497 e. The third-order valence-electron chi connectivity index (χ3n) is 3.68. The Labute approximate surface area is 111 Å². The number of hydrogen-bond donors (Lipinski definition) is 1. The van der Waals surface area contributed by atoms with Crippen LogP contribution in [-0.4, -0.2) is 30.1 Å². The molecule has 0 bridgehead atoms. The fraction of sp³-hybridized carbons (Fsp3) is 0.400. The summed E-state index contributed by atoms with van der Waals surface area (Å²) in [6.07, 6.45) is 3.38. The van der Waals surface area contributed by atoms with Gasteiger partial charge < -0.3 is 14.5 Å². The third-order valence-corrected chi connectivity index (χ3v) is 3.68. The van der Waals surface area contributed by atoms with Crippen molar-refractivity contribution in [2.24, 2.45) is 0 Å². The standard InChI is InChI=1S/C15H17NO3/c1-9-3-6-14(19-9)15(17)12-8-16-13-5-4-10(18-2)7-11(12)13/h4-5,7-9,14,16H,3,6H2,1-2H3. The van der Waals surface area contributed by atoms with Crippen LogP contribution in [-0.2, 0) is 4.74 Å². The Balaban J connectivity index is 1.98. The molecule has 1 aromatic carbocycles. The minimum Gasteiger partial charge on any atom is -0.497 e. The highest BCUT2D eigenvalue weighted by atomic mass is 16.5. The number of methoxy groups -OCH3 is 1. The first kappa shape index (κ1) is 12.2. The Morgan fingerprint density at radius 3 is 2.95 bits per heavy atom. The lowest BCUT2D eigenvalue weighted by molar-refractivity contribution is 0.0435. The first-order chi connectivity index (χ1) is 9.19. The molecule has 2 heterocycles. The van der Waals surface area contributed by atoms with Crippen molar-refractivity contribution in [2.45, 2.75) is 32.0 Å². The van der Waals surface area contributed by atoms with Gasteiger partial charge in [-0.2, -0.15) is 0 Å². The number of ketones is 1. The van der Waals surface area contributed by atoms with E-state index in [1.165, 1.54) is 0 Å². The second-order valence-corrected chi connectivity index (χ2v) is 4.99. The SMILES string of the molecule is COc1ccc2[nH]cc(C(=O)C3CCC(C)O3)c2c1. The highest BCUT2D eigenvalue weighted by Crippen LogP contribution is 2.28. The average molecular weight is 259 g/mol. The van der Waals surface area contributed by atoms with E-state index in [0.29, 0.717) is 5.56 Å². The van der Waals surface area contributed by atoms with Gasteiger partial charge in [-0.05, 0) is 38.0 Å². The topological polar surface area (TPSA) is 51.3 Å². The maximum Gasteiger partial charge on any atom is 0.193 e. The Kier molecular flexibility index (Phi) is 3.03. The van der Waals surface area contributed by atoms with Gasteiger partial charge in [-0.15, -0.1) is 0 Å². The molecule has 1 aliphatic rings. The van der Waals surface area contributed by atoms with Crippen molar-refractivity contribution in [1.82, 2.24) is 4.98 Å². The van der Waals surface area contributed by atoms with Crippen molar-refractivity contribution in [2.75, 3.05) is 7.11 Å². The molecular formula is C15H17NO3. The van der Waals surface area contributed by atoms with E-state index in [9.17, 15) is 4.79 Å². The summed E-state index contributed by atoms with van der Waals surface area (Å²) in [7, 11) is 1.62. The quantitative estimate of drug-likeness (QED) is 0.862. The van der Waals surface area contributed by atoms with E-state index in [4.69, 9.17) is 9.47 Å². The van der Waals surface area contributed by atoms with Gasteiger partial charge in [0.2, 0.25) is 0 Å². The van der Waals surface area contributed by atoms with Gasteiger partial charge in [-0.1, -0.05) is 0 Å². The van der Waals surface area contributed by atoms with Gasteiger partial charge in [0.25, 0.3) is 0 Å². The van der Waals surface area contributed by atoms with Crippen molar-refractivity contribution < 1.29 is 14.3 Å². The van der Waals surface area contributed by atoms with Crippen LogP contribution in [0.3, 0.4) is 0 Å². The van der Waals surface area contributed by atoms with E-state index in [2.05, 4.69) is 4.98 Å². The summed E-state index contributed by atoms with van der Waals surface area (Å²) < 4.78 is 10.9. The summed E-state index contributed by atoms with van der Waals surface area (Å²) in [5.74, 6) is 0.811. The van der Waals surface area contributed by atoms with E-state index < -0.39 is 0 Å². The lowest BCUT2D eigenvalue weighted by Crippen LogP contribution is -2.20. The first-order valence-electron chi connectivity index (χ1n) is 6.54. The molecule has 0 amide bonds. The maximum atomic E-state index is 12.5. The number of carbonyl (C=O) groups excluding carboxylic acids is 1. The van der Waals surface area contributed by atoms with Crippen LogP contribution in [0.2, 0.25) is 0 Å². The molecule has 0 radical (unpaired) electrons. The molecule has 4 heteroatoms. The molecule has 2 aromatic rings. The zero-order chi connectivity index (χ0) is 13.4. The summed E-state index contributed by atoms with van der Waals surface area (Å²) in [5.41, 5.74) is 1.63. The average Bonchev–Trinajstić information content (AvgIpc) is 3.03. The number of rotatable bonds is 3. The number of H-pyrrole nitrogens is 1. The minimum atomic E-state index is -0.305. The Hall–Kier alpha value is -1.81. The van der Waals surface area contributed by atoms with Crippen LogP contribution < -0.4 is 4.74 Å². The lowest BCUT2D eigenvalue weighted by atomic mass is 10.0. The van der Waals surface area contributed by atoms with Gasteiger partial charge in [-0.3, -0.25) is 4.79 Å². The molecule has 4 nitrogen and oxygen atoms in total. The van der Waals surface area contributed by atoms with Gasteiger partial charge in [0, 0.05) is 22.7 Å². The van der Waals surface area contributed by atoms with Gasteiger partial charge in [0.1, 0.15) is 11.9 Å². The van der Waals surface area contributed by atoms with Crippen LogP contribution in [0.25, 0.3) is 10.9 Å². The molecule has 0 aliphatic carbocycles. The van der Waals surface area contributed by atoms with Crippen LogP contribution in [0.1, 0.15) is 30.1 Å². The number of fused-ring (bicyclic) bond motifs is 1. The number of carbonyl (C=O) groups is 1. The molecule has 1 fully saturated rings. The van der Waals surface area contributed by atoms with Gasteiger partial charge in [-0.25, -0.2) is 0 Å². The number of benzene rings is 1. The molecule has 1 N–H and O–H groups in total. The van der Waals surface area contributed by atoms with E-state index >= 15 is 0 Å². The fourth-order valence-electron chi connectivity index (χ4n) is 2.60. The Morgan fingerprint density at radius 1 is 1.42 bits per heavy atom. The second kappa shape index (κ2) is 4.70. The van der Waals surface area contributed by atoms with Crippen molar-refractivity contribution in [1.29, 1.82) is 0 Å². The zero-order valence-electron chi connectivity index (χ0n) is 11.1. The van der Waals surface area contributed by atoms with Crippen molar-refractivity contribution in [3.63, 3.8) is 0 Å². The molecule has 3 rings (SSSR count). The smallest absolute Gasteiger partial charge is 0.193 e. The van der Waals surface area contributed by atoms with Gasteiger partial charge in [0.15, 0.2) is 5.78 Å². The molecule has 1 aliphatic heterocycles. The van der Waals surface area contributed by atoms with E-state index in [1.807, 2.05) is 25.1 Å². The number of aromatic nitrogens is 1. The highest BCUT2D eigenvalue weighted by molar-refractivity contribution is 6.10. The maximum absolute atomic E-state index is 12.5. The predicted molar refractivity (Wildman–Crippen MR) is 72.8 cm³/mol. The van der Waals surface area contributed by atoms with Crippen LogP contribution in [0.5, 0.6) is 5.75 Å². The lowest BCUT2D eigenvalue weighted by Gasteiger charge is -2.09. The third kappa shape index (κ3) is 2.12. The zero-order valence-corrected chi connectivity index (χ0v) is 11.1. The molecule has 2 atom stereocenters. The van der Waals surface area contributed by atoms with E-state index in [0.717, 1.165) is 29.5 Å². The number of ether oxygens (including phenoxy) is 2. The van der Waals surface area contributed by atoms with Gasteiger partial charge in [0.05, 0.1) is 13.2 Å². The molecule has 1 saturated heterocycles. The number of aromatic amines is 1. The molecule has 100 valence electrons. The summed E-state index contributed by atoms with van der Waals surface area (Å²) in [5, 5.41) is 0.896. The first-order valence-corrected chi connectivity index (χ1v) is 6.54. The van der Waals surface area contributed by atoms with Crippen LogP contribution in [0.15, 0.2) is 24.4 Å². The molecule has 0 spiro atoms. The summed E-state index contributed by atoms with van der Waals surface area (Å²) in [4.78, 5) is 15.6. The Bertz CT molecular complexity index is 617. The summed E-state index contributed by atoms with van der Waals surface area (Å²) in [6, 6.07) is 5.68. The predicted octanol–water partition coefficient (Wildman–Crippen LogP) is 2.93. The molecule has 1 aromatic heterocycles. The molecule has 19 heavy (non-hydrogen) atoms. The normalized spacial score (nSPS) is 22.8.